The number of amides is 1. The number of hydrogen-bond acceptors (Lipinski definition) is 3. The number of ether oxygens (including phenoxy) is 1. The van der Waals surface area contributed by atoms with Crippen LogP contribution in [-0.4, -0.2) is 38.3 Å². The third kappa shape index (κ3) is 4.18. The normalized spacial score (nSPS) is 25.5. The van der Waals surface area contributed by atoms with E-state index in [1.54, 1.807) is 0 Å². The van der Waals surface area contributed by atoms with Crippen LogP contribution in [0.4, 0.5) is 0 Å². The summed E-state index contributed by atoms with van der Waals surface area (Å²) in [6, 6.07) is 0. The molecule has 0 bridgehead atoms. The van der Waals surface area contributed by atoms with Crippen LogP contribution in [-0.2, 0) is 9.53 Å². The number of carbonyl (C=O) groups excluding carboxylic acids is 1. The molecule has 0 spiro atoms. The van der Waals surface area contributed by atoms with Crippen molar-refractivity contribution in [3.05, 3.63) is 0 Å². The number of hydrogen-bond donors (Lipinski definition) is 2. The molecule has 1 aliphatic carbocycles. The second-order valence-corrected chi connectivity index (χ2v) is 4.51. The van der Waals surface area contributed by atoms with Crippen LogP contribution in [0.2, 0.25) is 0 Å². The largest absolute Gasteiger partial charge is 0.376 e. The van der Waals surface area contributed by atoms with Gasteiger partial charge in [0, 0.05) is 13.2 Å². The summed E-state index contributed by atoms with van der Waals surface area (Å²) in [6.45, 7) is 2.96. The van der Waals surface area contributed by atoms with Crippen molar-refractivity contribution in [2.75, 3.05) is 26.2 Å². The van der Waals surface area contributed by atoms with E-state index in [1.165, 1.54) is 12.8 Å². The Morgan fingerprint density at radius 2 is 2.13 bits per heavy atom. The molecule has 4 nitrogen and oxygen atoms in total. The maximum atomic E-state index is 11.4. The van der Waals surface area contributed by atoms with Gasteiger partial charge in [0.2, 0.25) is 5.91 Å². The zero-order chi connectivity index (χ0) is 10.5. The molecule has 1 unspecified atom stereocenters. The lowest BCUT2D eigenvalue weighted by Crippen LogP contribution is -2.38. The van der Waals surface area contributed by atoms with Crippen molar-refractivity contribution in [1.82, 2.24) is 10.6 Å². The van der Waals surface area contributed by atoms with E-state index in [-0.39, 0.29) is 12.0 Å². The Morgan fingerprint density at radius 1 is 1.27 bits per heavy atom. The summed E-state index contributed by atoms with van der Waals surface area (Å²) in [5, 5.41) is 6.06. The van der Waals surface area contributed by atoms with Crippen molar-refractivity contribution in [2.24, 2.45) is 5.92 Å². The van der Waals surface area contributed by atoms with E-state index >= 15 is 0 Å². The summed E-state index contributed by atoms with van der Waals surface area (Å²) in [5.74, 6) is 0.919. The van der Waals surface area contributed by atoms with Gasteiger partial charge in [0.05, 0.1) is 12.6 Å². The van der Waals surface area contributed by atoms with E-state index in [1.807, 2.05) is 0 Å². The second kappa shape index (κ2) is 5.47. The van der Waals surface area contributed by atoms with Gasteiger partial charge in [-0.15, -0.1) is 0 Å². The van der Waals surface area contributed by atoms with Gasteiger partial charge < -0.3 is 15.4 Å². The molecule has 0 radical (unpaired) electrons. The van der Waals surface area contributed by atoms with Crippen LogP contribution in [0.5, 0.6) is 0 Å². The van der Waals surface area contributed by atoms with Gasteiger partial charge in [0.25, 0.3) is 0 Å². The van der Waals surface area contributed by atoms with Crippen molar-refractivity contribution < 1.29 is 9.53 Å². The Kier molecular flexibility index (Phi) is 3.97. The van der Waals surface area contributed by atoms with Crippen molar-refractivity contribution in [2.45, 2.75) is 31.8 Å². The highest BCUT2D eigenvalue weighted by atomic mass is 16.5. The minimum atomic E-state index is 0.0890. The molecular weight excluding hydrogens is 192 g/mol. The van der Waals surface area contributed by atoms with Crippen LogP contribution in [0, 0.1) is 5.92 Å². The van der Waals surface area contributed by atoms with Crippen molar-refractivity contribution in [3.8, 4) is 0 Å². The lowest BCUT2D eigenvalue weighted by atomic mass is 10.2. The molecule has 2 aliphatic rings. The fraction of sp³-hybridized carbons (Fsp3) is 0.909. The van der Waals surface area contributed by atoms with Crippen molar-refractivity contribution in [1.29, 1.82) is 0 Å². The Morgan fingerprint density at radius 3 is 2.80 bits per heavy atom. The zero-order valence-electron chi connectivity index (χ0n) is 9.13. The van der Waals surface area contributed by atoms with Crippen LogP contribution in [0.25, 0.3) is 0 Å². The summed E-state index contributed by atoms with van der Waals surface area (Å²) in [5.41, 5.74) is 0. The van der Waals surface area contributed by atoms with Crippen LogP contribution in [0.15, 0.2) is 0 Å². The molecule has 1 heterocycles. The van der Waals surface area contributed by atoms with E-state index in [0.717, 1.165) is 31.9 Å². The number of rotatable bonds is 6. The van der Waals surface area contributed by atoms with Crippen molar-refractivity contribution in [3.63, 3.8) is 0 Å². The van der Waals surface area contributed by atoms with Crippen LogP contribution in [0.1, 0.15) is 25.7 Å². The first kappa shape index (κ1) is 10.9. The lowest BCUT2D eigenvalue weighted by Gasteiger charge is -2.10. The molecule has 2 fully saturated rings. The summed E-state index contributed by atoms with van der Waals surface area (Å²) in [6.07, 6.45) is 5.10. The van der Waals surface area contributed by atoms with Gasteiger partial charge in [-0.3, -0.25) is 4.79 Å². The quantitative estimate of drug-likeness (QED) is 0.665. The van der Waals surface area contributed by atoms with Crippen LogP contribution < -0.4 is 10.6 Å². The van der Waals surface area contributed by atoms with Gasteiger partial charge in [0.15, 0.2) is 0 Å². The summed E-state index contributed by atoms with van der Waals surface area (Å²) < 4.78 is 5.42. The fourth-order valence-electron chi connectivity index (χ4n) is 1.81. The highest BCUT2D eigenvalue weighted by Gasteiger charge is 2.20. The monoisotopic (exact) mass is 212 g/mol. The smallest absolute Gasteiger partial charge is 0.234 e. The molecule has 1 saturated carbocycles. The summed E-state index contributed by atoms with van der Waals surface area (Å²) >= 11 is 0. The predicted molar refractivity (Wildman–Crippen MR) is 57.6 cm³/mol. The molecule has 1 aliphatic heterocycles. The van der Waals surface area contributed by atoms with E-state index in [2.05, 4.69) is 10.6 Å². The molecule has 86 valence electrons. The Labute approximate surface area is 90.8 Å². The predicted octanol–water partition coefficient (Wildman–Crippen LogP) is 0.281. The highest BCUT2D eigenvalue weighted by molar-refractivity contribution is 5.77. The molecule has 1 saturated heterocycles. The highest BCUT2D eigenvalue weighted by Crippen LogP contribution is 2.27. The molecule has 1 amide bonds. The lowest BCUT2D eigenvalue weighted by molar-refractivity contribution is -0.120. The fourth-order valence-corrected chi connectivity index (χ4v) is 1.81. The van der Waals surface area contributed by atoms with Gasteiger partial charge in [-0.05, 0) is 38.1 Å². The van der Waals surface area contributed by atoms with Gasteiger partial charge in [0.1, 0.15) is 0 Å². The second-order valence-electron chi connectivity index (χ2n) is 4.51. The topological polar surface area (TPSA) is 50.4 Å². The van der Waals surface area contributed by atoms with E-state index in [4.69, 9.17) is 4.74 Å². The minimum absolute atomic E-state index is 0.0890. The average molecular weight is 212 g/mol. The molecule has 15 heavy (non-hydrogen) atoms. The first-order chi connectivity index (χ1) is 7.34. The molecular formula is C11H20N2O2. The molecule has 0 aromatic rings. The molecule has 0 aromatic carbocycles. The number of carbonyl (C=O) groups is 1. The Balaban J connectivity index is 1.47. The van der Waals surface area contributed by atoms with Crippen LogP contribution >= 0.6 is 0 Å². The van der Waals surface area contributed by atoms with Gasteiger partial charge in [-0.1, -0.05) is 0 Å². The third-order valence-electron chi connectivity index (χ3n) is 2.97. The van der Waals surface area contributed by atoms with E-state index in [0.29, 0.717) is 13.1 Å². The molecule has 2 rings (SSSR count). The molecule has 4 heteroatoms. The molecule has 0 aromatic heterocycles. The minimum Gasteiger partial charge on any atom is -0.376 e. The Bertz CT molecular complexity index is 211. The summed E-state index contributed by atoms with van der Waals surface area (Å²) in [7, 11) is 0. The van der Waals surface area contributed by atoms with Crippen molar-refractivity contribution >= 4 is 5.91 Å². The average Bonchev–Trinajstić information content (AvgIpc) is 2.91. The Hall–Kier alpha value is -0.610. The molecule has 1 atom stereocenters. The standard InChI is InChI=1S/C11H20N2O2/c14-11(8-12-6-9-3-4-9)13-7-10-2-1-5-15-10/h9-10,12H,1-8H2,(H,13,14). The third-order valence-corrected chi connectivity index (χ3v) is 2.97. The van der Waals surface area contributed by atoms with E-state index in [9.17, 15) is 4.79 Å². The number of nitrogens with one attached hydrogen (secondary N) is 2. The molecule has 2 N–H and O–H groups in total. The zero-order valence-corrected chi connectivity index (χ0v) is 9.13. The SMILES string of the molecule is O=C(CNCC1CC1)NCC1CCCO1. The maximum absolute atomic E-state index is 11.4. The first-order valence-corrected chi connectivity index (χ1v) is 5.93. The van der Waals surface area contributed by atoms with Gasteiger partial charge in [-0.25, -0.2) is 0 Å². The van der Waals surface area contributed by atoms with Gasteiger partial charge >= 0.3 is 0 Å². The first-order valence-electron chi connectivity index (χ1n) is 5.93. The van der Waals surface area contributed by atoms with Gasteiger partial charge in [-0.2, -0.15) is 0 Å². The maximum Gasteiger partial charge on any atom is 0.234 e. The van der Waals surface area contributed by atoms with Crippen LogP contribution in [0.3, 0.4) is 0 Å². The van der Waals surface area contributed by atoms with E-state index < -0.39 is 0 Å². The summed E-state index contributed by atoms with van der Waals surface area (Å²) in [4.78, 5) is 11.4.